The van der Waals surface area contributed by atoms with Crippen LogP contribution in [0.15, 0.2) is 34.5 Å². The van der Waals surface area contributed by atoms with Gasteiger partial charge in [0.15, 0.2) is 5.76 Å². The van der Waals surface area contributed by atoms with Crippen LogP contribution in [0.2, 0.25) is 0 Å². The Labute approximate surface area is 292 Å². The number of hydrogen-bond donors (Lipinski definition) is 2. The molecule has 11 atom stereocenters. The fourth-order valence-electron chi connectivity index (χ4n) is 13.1. The molecule has 1 aromatic carbocycles. The lowest BCUT2D eigenvalue weighted by molar-refractivity contribution is -0.157. The Balaban J connectivity index is 0.000000142. The summed E-state index contributed by atoms with van der Waals surface area (Å²) in [5.41, 5.74) is 4.94. The number of esters is 1. The minimum absolute atomic E-state index is 0.0477. The maximum absolute atomic E-state index is 11.8. The molecule has 2 aromatic rings. The lowest BCUT2D eigenvalue weighted by Crippen LogP contribution is -2.54. The van der Waals surface area contributed by atoms with Crippen LogP contribution < -0.4 is 0 Å². The topological polar surface area (TPSA) is 92.8 Å². The molecule has 9 rings (SSSR count). The maximum Gasteiger partial charge on any atom is 0.305 e. The van der Waals surface area contributed by atoms with Crippen molar-refractivity contribution in [3.05, 3.63) is 52.4 Å². The van der Waals surface area contributed by atoms with E-state index in [9.17, 15) is 15.0 Å². The summed E-state index contributed by atoms with van der Waals surface area (Å²) in [5, 5.41) is 24.9. The molecule has 262 valence electrons. The zero-order valence-corrected chi connectivity index (χ0v) is 30.0. The number of rotatable bonds is 2. The largest absolute Gasteiger partial charge is 0.508 e. The van der Waals surface area contributed by atoms with Gasteiger partial charge in [-0.2, -0.15) is 0 Å². The van der Waals surface area contributed by atoms with Gasteiger partial charge in [-0.15, -0.1) is 6.42 Å². The van der Waals surface area contributed by atoms with E-state index in [0.717, 1.165) is 63.5 Å². The molecule has 7 aliphatic rings. The molecular formula is C43H55NO5. The van der Waals surface area contributed by atoms with E-state index in [1.54, 1.807) is 5.57 Å². The summed E-state index contributed by atoms with van der Waals surface area (Å²) in [6.45, 7) is 8.95. The maximum atomic E-state index is 11.8. The molecule has 7 aliphatic carbocycles. The first kappa shape index (κ1) is 33.1. The number of phenols is 1. The third-order valence-corrected chi connectivity index (χ3v) is 15.9. The molecule has 0 bridgehead atoms. The van der Waals surface area contributed by atoms with Gasteiger partial charge in [0, 0.05) is 22.8 Å². The molecule has 49 heavy (non-hydrogen) atoms. The molecule has 6 heteroatoms. The highest BCUT2D eigenvalue weighted by Crippen LogP contribution is 2.67. The van der Waals surface area contributed by atoms with Gasteiger partial charge in [0.1, 0.15) is 17.5 Å². The second-order valence-corrected chi connectivity index (χ2v) is 17.6. The van der Waals surface area contributed by atoms with Gasteiger partial charge in [-0.05, 0) is 154 Å². The molecule has 0 radical (unpaired) electrons. The number of aromatic nitrogens is 1. The Morgan fingerprint density at radius 3 is 2.57 bits per heavy atom. The summed E-state index contributed by atoms with van der Waals surface area (Å²) in [5.74, 6) is 7.96. The summed E-state index contributed by atoms with van der Waals surface area (Å²) < 4.78 is 11.3. The highest BCUT2D eigenvalue weighted by Gasteiger charge is 2.64. The van der Waals surface area contributed by atoms with Crippen LogP contribution in [0.1, 0.15) is 133 Å². The number of allylic oxidation sites excluding steroid dienone is 1. The van der Waals surface area contributed by atoms with Gasteiger partial charge in [0.05, 0.1) is 6.20 Å². The monoisotopic (exact) mass is 665 g/mol. The smallest absolute Gasteiger partial charge is 0.305 e. The molecule has 2 N–H and O–H groups in total. The van der Waals surface area contributed by atoms with Crippen molar-refractivity contribution in [2.75, 3.05) is 0 Å². The molecule has 0 amide bonds. The summed E-state index contributed by atoms with van der Waals surface area (Å²) in [6, 6.07) is 5.95. The number of aromatic hydroxyl groups is 1. The molecule has 11 unspecified atom stereocenters. The molecule has 0 aliphatic heterocycles. The average molecular weight is 666 g/mol. The summed E-state index contributed by atoms with van der Waals surface area (Å²) in [6.07, 6.45) is 24.8. The minimum atomic E-state index is -0.909. The fourth-order valence-corrected chi connectivity index (χ4v) is 13.1. The van der Waals surface area contributed by atoms with E-state index >= 15 is 0 Å². The van der Waals surface area contributed by atoms with E-state index in [1.165, 1.54) is 42.4 Å². The molecule has 0 saturated heterocycles. The van der Waals surface area contributed by atoms with E-state index in [1.807, 2.05) is 25.3 Å². The van der Waals surface area contributed by atoms with Gasteiger partial charge in [-0.1, -0.05) is 50.4 Å². The first-order chi connectivity index (χ1) is 23.4. The van der Waals surface area contributed by atoms with Crippen molar-refractivity contribution in [2.45, 2.75) is 135 Å². The average Bonchev–Trinajstić information content (AvgIpc) is 3.76. The predicted octanol–water partition coefficient (Wildman–Crippen LogP) is 8.79. The number of terminal acetylenes is 1. The number of ether oxygens (including phenoxy) is 1. The Morgan fingerprint density at radius 2 is 1.78 bits per heavy atom. The Bertz CT molecular complexity index is 1700. The van der Waals surface area contributed by atoms with E-state index < -0.39 is 5.60 Å². The Kier molecular flexibility index (Phi) is 7.95. The zero-order chi connectivity index (χ0) is 34.3. The van der Waals surface area contributed by atoms with Crippen molar-refractivity contribution >= 4 is 12.0 Å². The SMILES string of the molecule is C#CC1(O)CCC2C3CCC4=Cc5oncc5CC4(C)C3CCC21C.CCC(=O)OC1CCC2C3CCc4cc(O)ccc4C3CCC12C. The number of aliphatic hydroxyl groups is 1. The van der Waals surface area contributed by atoms with Crippen LogP contribution in [0.5, 0.6) is 5.75 Å². The first-order valence-electron chi connectivity index (χ1n) is 19.3. The minimum Gasteiger partial charge on any atom is -0.508 e. The van der Waals surface area contributed by atoms with Gasteiger partial charge in [0.25, 0.3) is 0 Å². The van der Waals surface area contributed by atoms with Crippen molar-refractivity contribution in [2.24, 2.45) is 45.8 Å². The second-order valence-electron chi connectivity index (χ2n) is 17.6. The third kappa shape index (κ3) is 4.91. The molecule has 5 saturated carbocycles. The normalized spacial score (nSPS) is 42.6. The molecule has 5 fully saturated rings. The number of carbonyl (C=O) groups excluding carboxylic acids is 1. The lowest BCUT2D eigenvalue weighted by Gasteiger charge is -2.58. The molecule has 1 aromatic heterocycles. The van der Waals surface area contributed by atoms with Crippen LogP contribution >= 0.6 is 0 Å². The van der Waals surface area contributed by atoms with Crippen molar-refractivity contribution in [3.63, 3.8) is 0 Å². The summed E-state index contributed by atoms with van der Waals surface area (Å²) in [4.78, 5) is 11.8. The first-order valence-corrected chi connectivity index (χ1v) is 19.3. The number of nitrogens with zero attached hydrogens (tertiary/aromatic N) is 1. The second kappa shape index (κ2) is 11.8. The van der Waals surface area contributed by atoms with Crippen LogP contribution in [-0.4, -0.2) is 33.0 Å². The Morgan fingerprint density at radius 1 is 0.980 bits per heavy atom. The van der Waals surface area contributed by atoms with Crippen LogP contribution in [0.25, 0.3) is 6.08 Å². The van der Waals surface area contributed by atoms with Gasteiger partial charge in [-0.3, -0.25) is 4.79 Å². The fraction of sp³-hybridized carbons (Fsp3) is 0.674. The summed E-state index contributed by atoms with van der Waals surface area (Å²) >= 11 is 0. The predicted molar refractivity (Wildman–Crippen MR) is 189 cm³/mol. The number of benzene rings is 1. The van der Waals surface area contributed by atoms with Gasteiger partial charge >= 0.3 is 5.97 Å². The van der Waals surface area contributed by atoms with Crippen molar-refractivity contribution in [1.29, 1.82) is 0 Å². The van der Waals surface area contributed by atoms with E-state index in [0.29, 0.717) is 47.7 Å². The van der Waals surface area contributed by atoms with Crippen LogP contribution in [0, 0.1) is 58.2 Å². The molecule has 0 spiro atoms. The quantitative estimate of drug-likeness (QED) is 0.246. The highest BCUT2D eigenvalue weighted by atomic mass is 16.5. The number of phenolic OH excluding ortho intramolecular Hbond substituents is 1. The van der Waals surface area contributed by atoms with Crippen LogP contribution in [0.3, 0.4) is 0 Å². The number of fused-ring (bicyclic) bond motifs is 11. The lowest BCUT2D eigenvalue weighted by atomic mass is 9.46. The molecule has 6 nitrogen and oxygen atoms in total. The number of hydrogen-bond acceptors (Lipinski definition) is 6. The molecular weight excluding hydrogens is 610 g/mol. The van der Waals surface area contributed by atoms with Crippen molar-refractivity contribution in [1.82, 2.24) is 5.16 Å². The summed E-state index contributed by atoms with van der Waals surface area (Å²) in [7, 11) is 0. The van der Waals surface area contributed by atoms with Gasteiger partial charge in [-0.25, -0.2) is 0 Å². The Hall–Kier alpha value is -3.04. The van der Waals surface area contributed by atoms with Crippen LogP contribution in [-0.2, 0) is 22.4 Å². The number of carbonyl (C=O) groups is 1. The third-order valence-electron chi connectivity index (χ3n) is 15.9. The van der Waals surface area contributed by atoms with E-state index in [4.69, 9.17) is 15.7 Å². The number of aryl methyl sites for hydroxylation is 1. The zero-order valence-electron chi connectivity index (χ0n) is 30.0. The van der Waals surface area contributed by atoms with Crippen molar-refractivity contribution in [3.8, 4) is 18.1 Å². The highest BCUT2D eigenvalue weighted by molar-refractivity contribution is 5.69. The van der Waals surface area contributed by atoms with E-state index in [2.05, 4.69) is 44.0 Å². The van der Waals surface area contributed by atoms with Crippen molar-refractivity contribution < 1.29 is 24.3 Å². The standard InChI is InChI=1S/C22H27NO2.C21H28O3/c1-4-22(24)10-8-18-16-6-5-15-11-19-14(13-23-25-19)12-20(15,2)17(16)7-9-21(18,22)3;1-3-20(23)24-19-9-8-18-17-6-4-13-12-14(22)5-7-15(13)16(17)10-11-21(18,19)2/h1,11,13,16-18,24H,5-10,12H2,2-3H3;5,7,12,16-19,22H,3-4,6,8-11H2,1-2H3. The van der Waals surface area contributed by atoms with Crippen LogP contribution in [0.4, 0.5) is 0 Å². The molecule has 1 heterocycles. The van der Waals surface area contributed by atoms with E-state index in [-0.39, 0.29) is 28.3 Å². The van der Waals surface area contributed by atoms with Gasteiger partial charge in [0.2, 0.25) is 0 Å². The van der Waals surface area contributed by atoms with Gasteiger partial charge < -0.3 is 19.5 Å².